The summed E-state index contributed by atoms with van der Waals surface area (Å²) in [5, 5.41) is 8.08. The molecule has 1 atom stereocenters. The van der Waals surface area contributed by atoms with Gasteiger partial charge in [0, 0.05) is 30.4 Å². The monoisotopic (exact) mass is 327 g/mol. The molecular weight excluding hydrogens is 310 g/mol. The van der Waals surface area contributed by atoms with Gasteiger partial charge in [-0.2, -0.15) is 0 Å². The molecule has 4 aliphatic rings. The van der Waals surface area contributed by atoms with E-state index >= 15 is 0 Å². The van der Waals surface area contributed by atoms with Crippen LogP contribution in [0.5, 0.6) is 0 Å². The van der Waals surface area contributed by atoms with Crippen molar-refractivity contribution in [3.63, 3.8) is 0 Å². The Morgan fingerprint density at radius 3 is 2.62 bits per heavy atom. The van der Waals surface area contributed by atoms with Crippen LogP contribution in [0.3, 0.4) is 0 Å². The van der Waals surface area contributed by atoms with Gasteiger partial charge in [-0.15, -0.1) is 5.10 Å². The van der Waals surface area contributed by atoms with Crippen molar-refractivity contribution in [2.45, 2.75) is 18.4 Å². The fraction of sp³-hybridized carbons (Fsp3) is 0.500. The van der Waals surface area contributed by atoms with Gasteiger partial charge in [0.25, 0.3) is 0 Å². The summed E-state index contributed by atoms with van der Waals surface area (Å²) in [5.41, 5.74) is 0.340. The van der Waals surface area contributed by atoms with Gasteiger partial charge in [0.1, 0.15) is 5.60 Å². The Labute approximate surface area is 138 Å². The van der Waals surface area contributed by atoms with E-state index in [9.17, 15) is 4.79 Å². The summed E-state index contributed by atoms with van der Waals surface area (Å²) in [6.07, 6.45) is 5.07. The summed E-state index contributed by atoms with van der Waals surface area (Å²) in [4.78, 5) is 20.2. The van der Waals surface area contributed by atoms with E-state index in [0.717, 1.165) is 38.0 Å². The Hall–Kier alpha value is -2.48. The lowest BCUT2D eigenvalue weighted by Crippen LogP contribution is -2.61. The number of rotatable bonds is 2. The Balaban J connectivity index is 1.42. The standard InChI is InChI=1S/C16H17N5O3/c22-15-21(10-16(24-15)9-20-7-3-12(16)4-8-20)14-19-18-13(23-14)11-1-5-17-6-2-11/h1-2,5-6,12H,3-4,7-10H2. The molecule has 2 aromatic heterocycles. The van der Waals surface area contributed by atoms with E-state index in [1.165, 1.54) is 4.90 Å². The second-order valence-electron chi connectivity index (χ2n) is 6.69. The maximum Gasteiger partial charge on any atom is 0.418 e. The van der Waals surface area contributed by atoms with Gasteiger partial charge < -0.3 is 9.15 Å². The summed E-state index contributed by atoms with van der Waals surface area (Å²) < 4.78 is 11.5. The lowest BCUT2D eigenvalue weighted by atomic mass is 9.75. The summed E-state index contributed by atoms with van der Waals surface area (Å²) >= 11 is 0. The molecule has 124 valence electrons. The number of carbonyl (C=O) groups excluding carboxylic acids is 1. The van der Waals surface area contributed by atoms with Gasteiger partial charge in [-0.1, -0.05) is 5.10 Å². The Morgan fingerprint density at radius 2 is 1.92 bits per heavy atom. The summed E-state index contributed by atoms with van der Waals surface area (Å²) in [5.74, 6) is 0.786. The molecule has 1 unspecified atom stereocenters. The molecule has 1 spiro atoms. The van der Waals surface area contributed by atoms with Crippen molar-refractivity contribution in [1.29, 1.82) is 0 Å². The first-order valence-corrected chi connectivity index (χ1v) is 8.20. The molecule has 24 heavy (non-hydrogen) atoms. The van der Waals surface area contributed by atoms with Crippen LogP contribution in [0, 0.1) is 5.92 Å². The zero-order chi connectivity index (χ0) is 16.1. The highest BCUT2D eigenvalue weighted by atomic mass is 16.6. The van der Waals surface area contributed by atoms with Crippen LogP contribution in [-0.2, 0) is 4.74 Å². The highest BCUT2D eigenvalue weighted by Crippen LogP contribution is 2.43. The van der Waals surface area contributed by atoms with E-state index in [1.54, 1.807) is 24.5 Å². The highest BCUT2D eigenvalue weighted by molar-refractivity contribution is 5.88. The zero-order valence-corrected chi connectivity index (χ0v) is 13.1. The third-order valence-corrected chi connectivity index (χ3v) is 5.33. The van der Waals surface area contributed by atoms with Gasteiger partial charge in [-0.25, -0.2) is 9.69 Å². The first-order chi connectivity index (χ1) is 11.7. The average Bonchev–Trinajstić information content (AvgIpc) is 3.22. The van der Waals surface area contributed by atoms with Crippen molar-refractivity contribution in [2.75, 3.05) is 31.1 Å². The zero-order valence-electron chi connectivity index (χ0n) is 13.1. The number of anilines is 1. The molecule has 6 rings (SSSR count). The van der Waals surface area contributed by atoms with Crippen molar-refractivity contribution >= 4 is 12.1 Å². The van der Waals surface area contributed by atoms with Crippen LogP contribution >= 0.6 is 0 Å². The quantitative estimate of drug-likeness (QED) is 0.827. The molecule has 0 saturated carbocycles. The molecule has 8 nitrogen and oxygen atoms in total. The van der Waals surface area contributed by atoms with Gasteiger partial charge in [0.2, 0.25) is 5.89 Å². The molecule has 4 saturated heterocycles. The maximum absolute atomic E-state index is 12.4. The Kier molecular flexibility index (Phi) is 2.90. The third-order valence-electron chi connectivity index (χ3n) is 5.33. The highest BCUT2D eigenvalue weighted by Gasteiger charge is 2.56. The van der Waals surface area contributed by atoms with E-state index in [2.05, 4.69) is 20.1 Å². The van der Waals surface area contributed by atoms with E-state index in [1.807, 2.05) is 0 Å². The van der Waals surface area contributed by atoms with Gasteiger partial charge >= 0.3 is 12.1 Å². The number of hydrogen-bond donors (Lipinski definition) is 0. The van der Waals surface area contributed by atoms with Crippen LogP contribution in [0.2, 0.25) is 0 Å². The van der Waals surface area contributed by atoms with Crippen LogP contribution in [0.4, 0.5) is 10.8 Å². The second-order valence-corrected chi connectivity index (χ2v) is 6.69. The molecule has 1 amide bonds. The van der Waals surface area contributed by atoms with Crippen LogP contribution in [0.1, 0.15) is 12.8 Å². The van der Waals surface area contributed by atoms with E-state index in [4.69, 9.17) is 9.15 Å². The fourth-order valence-corrected chi connectivity index (χ4v) is 4.09. The van der Waals surface area contributed by atoms with Crippen molar-refractivity contribution in [3.8, 4) is 11.5 Å². The van der Waals surface area contributed by atoms with Crippen molar-refractivity contribution in [1.82, 2.24) is 20.1 Å². The number of carbonyl (C=O) groups is 1. The summed E-state index contributed by atoms with van der Waals surface area (Å²) in [7, 11) is 0. The first-order valence-electron chi connectivity index (χ1n) is 8.20. The number of pyridine rings is 1. The van der Waals surface area contributed by atoms with Crippen LogP contribution in [-0.4, -0.2) is 58.0 Å². The number of fused-ring (bicyclic) bond motifs is 2. The van der Waals surface area contributed by atoms with Gasteiger partial charge in [0.15, 0.2) is 0 Å². The summed E-state index contributed by atoms with van der Waals surface area (Å²) in [6.45, 7) is 3.46. The smallest absolute Gasteiger partial charge is 0.418 e. The van der Waals surface area contributed by atoms with E-state index in [0.29, 0.717) is 18.4 Å². The Bertz CT molecular complexity index is 771. The van der Waals surface area contributed by atoms with Crippen LogP contribution in [0.25, 0.3) is 11.5 Å². The molecule has 2 bridgehead atoms. The van der Waals surface area contributed by atoms with Gasteiger partial charge in [0.05, 0.1) is 6.54 Å². The van der Waals surface area contributed by atoms with E-state index < -0.39 is 11.7 Å². The Morgan fingerprint density at radius 1 is 1.12 bits per heavy atom. The molecule has 8 heteroatoms. The number of nitrogens with zero attached hydrogens (tertiary/aromatic N) is 5. The molecule has 0 aliphatic carbocycles. The lowest BCUT2D eigenvalue weighted by molar-refractivity contribution is -0.0881. The second kappa shape index (κ2) is 5.01. The molecule has 0 aromatic carbocycles. The van der Waals surface area contributed by atoms with Gasteiger partial charge in [-0.3, -0.25) is 9.88 Å². The summed E-state index contributed by atoms with van der Waals surface area (Å²) in [6, 6.07) is 3.77. The number of piperidine rings is 3. The van der Waals surface area contributed by atoms with Crippen molar-refractivity contribution < 1.29 is 13.9 Å². The normalized spacial score (nSPS) is 31.7. The van der Waals surface area contributed by atoms with Crippen LogP contribution in [0.15, 0.2) is 28.9 Å². The number of aromatic nitrogens is 3. The predicted octanol–water partition coefficient (Wildman–Crippen LogP) is 1.55. The van der Waals surface area contributed by atoms with Crippen molar-refractivity contribution in [3.05, 3.63) is 24.5 Å². The molecule has 6 heterocycles. The largest absolute Gasteiger partial charge is 0.439 e. The maximum atomic E-state index is 12.4. The molecule has 4 fully saturated rings. The SMILES string of the molecule is O=C1OC2(CN3CCC2CC3)CN1c1nnc(-c2ccncc2)o1. The lowest BCUT2D eigenvalue weighted by Gasteiger charge is -2.49. The average molecular weight is 327 g/mol. The minimum atomic E-state index is -0.432. The first kappa shape index (κ1) is 13.9. The number of ether oxygens (including phenoxy) is 1. The number of amides is 1. The topological polar surface area (TPSA) is 84.6 Å². The van der Waals surface area contributed by atoms with Gasteiger partial charge in [-0.05, 0) is 38.1 Å². The third kappa shape index (κ3) is 2.02. The number of hydrogen-bond acceptors (Lipinski definition) is 7. The molecule has 2 aromatic rings. The minimum absolute atomic E-state index is 0.195. The van der Waals surface area contributed by atoms with E-state index in [-0.39, 0.29) is 6.01 Å². The molecule has 4 aliphatic heterocycles. The fourth-order valence-electron chi connectivity index (χ4n) is 4.09. The minimum Gasteiger partial charge on any atom is -0.439 e. The molecule has 0 N–H and O–H groups in total. The molecule has 0 radical (unpaired) electrons. The van der Waals surface area contributed by atoms with Crippen molar-refractivity contribution in [2.24, 2.45) is 5.92 Å². The molecular formula is C16H17N5O3. The van der Waals surface area contributed by atoms with Crippen LogP contribution < -0.4 is 4.90 Å². The predicted molar refractivity (Wildman–Crippen MR) is 83.3 cm³/mol.